The van der Waals surface area contributed by atoms with Gasteiger partial charge in [-0.3, -0.25) is 0 Å². The molecule has 6 heteroatoms. The van der Waals surface area contributed by atoms with Crippen LogP contribution in [0.4, 0.5) is 17.3 Å². The molecule has 1 atom stereocenters. The van der Waals surface area contributed by atoms with Crippen molar-refractivity contribution in [2.24, 2.45) is 5.92 Å². The van der Waals surface area contributed by atoms with Crippen molar-refractivity contribution >= 4 is 7.25 Å². The zero-order chi connectivity index (χ0) is 12.8. The number of rotatable bonds is 3. The zero-order valence-corrected chi connectivity index (χ0v) is 10.4. The molecule has 0 radical (unpaired) electrons. The fourth-order valence-electron chi connectivity index (χ4n) is 2.32. The van der Waals surface area contributed by atoms with Crippen LogP contribution in [0.3, 0.4) is 0 Å². The normalized spacial score (nSPS) is 23.8. The Bertz CT molecular complexity index is 186. The van der Waals surface area contributed by atoms with E-state index < -0.39 is 7.25 Å². The van der Waals surface area contributed by atoms with Gasteiger partial charge in [0.2, 0.25) is 0 Å². The van der Waals surface area contributed by atoms with E-state index in [9.17, 15) is 17.3 Å². The van der Waals surface area contributed by atoms with Crippen LogP contribution in [0, 0.1) is 5.92 Å². The summed E-state index contributed by atoms with van der Waals surface area (Å²) in [5, 5.41) is 0. The number of halogens is 4. The molecule has 0 aromatic heterocycles. The molecule has 1 fully saturated rings. The largest absolute Gasteiger partial charge is 0.673 e. The van der Waals surface area contributed by atoms with Gasteiger partial charge in [-0.05, 0) is 20.3 Å². The van der Waals surface area contributed by atoms with E-state index in [4.69, 9.17) is 0 Å². The number of likely N-dealkylation sites (tertiary alicyclic amines) is 1. The quantitative estimate of drug-likeness (QED) is 0.404. The lowest BCUT2D eigenvalue weighted by molar-refractivity contribution is -0.914. The standard InChI is InChI=1S/C10H22N.BF4/c1-4-10-7-8-11(5-2,6-3)9-10;2-1(3,4)5/h10H,4-9H2,1-3H3;/q+1;-1. The van der Waals surface area contributed by atoms with Crippen LogP contribution in [0.5, 0.6) is 0 Å². The third kappa shape index (κ3) is 6.35. The first-order valence-corrected chi connectivity index (χ1v) is 5.98. The molecule has 0 aromatic carbocycles. The number of quaternary nitrogens is 1. The minimum absolute atomic E-state index is 1.02. The van der Waals surface area contributed by atoms with Crippen molar-refractivity contribution in [3.05, 3.63) is 0 Å². The Kier molecular flexibility index (Phi) is 6.37. The fourth-order valence-corrected chi connectivity index (χ4v) is 2.32. The number of hydrogen-bond donors (Lipinski definition) is 0. The van der Waals surface area contributed by atoms with Gasteiger partial charge < -0.3 is 21.7 Å². The van der Waals surface area contributed by atoms with E-state index in [1.54, 1.807) is 0 Å². The molecule has 1 aliphatic rings. The van der Waals surface area contributed by atoms with E-state index in [0.717, 1.165) is 5.92 Å². The van der Waals surface area contributed by atoms with E-state index in [1.807, 2.05) is 0 Å². The first-order valence-electron chi connectivity index (χ1n) is 5.98. The molecule has 1 heterocycles. The molecular formula is C10H22BF4N. The fraction of sp³-hybridized carbons (Fsp3) is 1.00. The van der Waals surface area contributed by atoms with E-state index in [2.05, 4.69) is 20.8 Å². The summed E-state index contributed by atoms with van der Waals surface area (Å²) < 4.78 is 40.4. The summed E-state index contributed by atoms with van der Waals surface area (Å²) in [6.07, 6.45) is 2.86. The van der Waals surface area contributed by atoms with Crippen LogP contribution in [0.2, 0.25) is 0 Å². The van der Waals surface area contributed by atoms with Crippen molar-refractivity contribution in [2.45, 2.75) is 33.6 Å². The van der Waals surface area contributed by atoms with Crippen molar-refractivity contribution in [1.29, 1.82) is 0 Å². The minimum atomic E-state index is -6.00. The smallest absolute Gasteiger partial charge is 0.418 e. The highest BCUT2D eigenvalue weighted by molar-refractivity contribution is 6.50. The van der Waals surface area contributed by atoms with Crippen LogP contribution >= 0.6 is 0 Å². The van der Waals surface area contributed by atoms with Crippen molar-refractivity contribution in [3.63, 3.8) is 0 Å². The van der Waals surface area contributed by atoms with E-state index in [-0.39, 0.29) is 0 Å². The maximum atomic E-state index is 9.75. The highest BCUT2D eigenvalue weighted by atomic mass is 19.5. The third-order valence-electron chi connectivity index (χ3n) is 3.58. The van der Waals surface area contributed by atoms with Gasteiger partial charge in [0.25, 0.3) is 0 Å². The lowest BCUT2D eigenvalue weighted by Crippen LogP contribution is -2.45. The number of nitrogens with zero attached hydrogens (tertiary/aromatic N) is 1. The second kappa shape index (κ2) is 6.47. The van der Waals surface area contributed by atoms with Gasteiger partial charge in [0, 0.05) is 12.3 Å². The van der Waals surface area contributed by atoms with Crippen LogP contribution in [0.15, 0.2) is 0 Å². The van der Waals surface area contributed by atoms with Gasteiger partial charge in [-0.25, -0.2) is 0 Å². The molecule has 0 aliphatic carbocycles. The Balaban J connectivity index is 0.000000385. The molecule has 0 bridgehead atoms. The van der Waals surface area contributed by atoms with Gasteiger partial charge in [-0.15, -0.1) is 0 Å². The predicted octanol–water partition coefficient (Wildman–Crippen LogP) is 3.57. The molecular weight excluding hydrogens is 221 g/mol. The Morgan fingerprint density at radius 3 is 1.69 bits per heavy atom. The molecule has 0 spiro atoms. The van der Waals surface area contributed by atoms with Gasteiger partial charge in [-0.1, -0.05) is 6.92 Å². The molecule has 1 nitrogen and oxygen atoms in total. The van der Waals surface area contributed by atoms with E-state index >= 15 is 0 Å². The maximum absolute atomic E-state index is 9.75. The lowest BCUT2D eigenvalue weighted by atomic mass is 10.1. The maximum Gasteiger partial charge on any atom is 0.673 e. The van der Waals surface area contributed by atoms with Crippen molar-refractivity contribution in [1.82, 2.24) is 0 Å². The Hall–Kier alpha value is -0.255. The molecule has 1 saturated heterocycles. The van der Waals surface area contributed by atoms with Gasteiger partial charge in [0.1, 0.15) is 0 Å². The highest BCUT2D eigenvalue weighted by Crippen LogP contribution is 2.25. The summed E-state index contributed by atoms with van der Waals surface area (Å²) in [4.78, 5) is 0. The zero-order valence-electron chi connectivity index (χ0n) is 10.4. The van der Waals surface area contributed by atoms with E-state index in [0.29, 0.717) is 0 Å². The molecule has 1 unspecified atom stereocenters. The first-order chi connectivity index (χ1) is 7.26. The first kappa shape index (κ1) is 15.7. The molecule has 0 amide bonds. The Labute approximate surface area is 95.5 Å². The van der Waals surface area contributed by atoms with Crippen molar-refractivity contribution in [3.8, 4) is 0 Å². The Morgan fingerprint density at radius 1 is 1.06 bits per heavy atom. The summed E-state index contributed by atoms with van der Waals surface area (Å²) in [5.74, 6) is 1.02. The third-order valence-corrected chi connectivity index (χ3v) is 3.58. The van der Waals surface area contributed by atoms with Crippen LogP contribution < -0.4 is 0 Å². The SMILES string of the molecule is CCC1CC[N+](CC)(CC)C1.F[B-](F)(F)F. The minimum Gasteiger partial charge on any atom is -0.418 e. The van der Waals surface area contributed by atoms with Crippen molar-refractivity contribution in [2.75, 3.05) is 26.2 Å². The summed E-state index contributed by atoms with van der Waals surface area (Å²) in [5.41, 5.74) is 0. The molecule has 0 saturated carbocycles. The topological polar surface area (TPSA) is 0 Å². The summed E-state index contributed by atoms with van der Waals surface area (Å²) in [6, 6.07) is 0. The Morgan fingerprint density at radius 2 is 1.50 bits per heavy atom. The highest BCUT2D eigenvalue weighted by Gasteiger charge is 2.33. The van der Waals surface area contributed by atoms with Crippen LogP contribution in [0.25, 0.3) is 0 Å². The van der Waals surface area contributed by atoms with Gasteiger partial charge >= 0.3 is 7.25 Å². The lowest BCUT2D eigenvalue weighted by Gasteiger charge is -2.32. The molecule has 1 rings (SSSR count). The van der Waals surface area contributed by atoms with Crippen molar-refractivity contribution < 1.29 is 21.7 Å². The summed E-state index contributed by atoms with van der Waals surface area (Å²) in [6.45, 7) is 12.6. The molecule has 1 aliphatic heterocycles. The van der Waals surface area contributed by atoms with Crippen LogP contribution in [0.1, 0.15) is 33.6 Å². The summed E-state index contributed by atoms with van der Waals surface area (Å²) >= 11 is 0. The van der Waals surface area contributed by atoms with Gasteiger partial charge in [-0.2, -0.15) is 0 Å². The molecule has 0 aromatic rings. The monoisotopic (exact) mass is 243 g/mol. The summed E-state index contributed by atoms with van der Waals surface area (Å²) in [7, 11) is -6.00. The van der Waals surface area contributed by atoms with Gasteiger partial charge in [0.15, 0.2) is 0 Å². The van der Waals surface area contributed by atoms with Crippen LogP contribution in [-0.2, 0) is 0 Å². The molecule has 0 N–H and O–H groups in total. The second-order valence-corrected chi connectivity index (χ2v) is 4.44. The number of hydrogen-bond acceptors (Lipinski definition) is 0. The van der Waals surface area contributed by atoms with E-state index in [1.165, 1.54) is 43.5 Å². The average molecular weight is 243 g/mol. The predicted molar refractivity (Wildman–Crippen MR) is 59.7 cm³/mol. The average Bonchev–Trinajstić information content (AvgIpc) is 2.59. The second-order valence-electron chi connectivity index (χ2n) is 4.44. The van der Waals surface area contributed by atoms with Crippen LogP contribution in [-0.4, -0.2) is 37.9 Å². The molecule has 16 heavy (non-hydrogen) atoms. The molecule has 98 valence electrons. The van der Waals surface area contributed by atoms with Gasteiger partial charge in [0.05, 0.1) is 26.2 Å².